The van der Waals surface area contributed by atoms with Crippen LogP contribution in [0.3, 0.4) is 0 Å². The van der Waals surface area contributed by atoms with E-state index < -0.39 is 0 Å². The lowest BCUT2D eigenvalue weighted by Crippen LogP contribution is -2.24. The average molecular weight is 537 g/mol. The third-order valence-corrected chi connectivity index (χ3v) is 7.76. The zero-order valence-electron chi connectivity index (χ0n) is 26.0. The van der Waals surface area contributed by atoms with Crippen LogP contribution >= 0.6 is 0 Å². The van der Waals surface area contributed by atoms with Crippen molar-refractivity contribution in [3.63, 3.8) is 0 Å². The molecule has 0 aliphatic heterocycles. The molecule has 4 heteroatoms. The first-order valence-electron chi connectivity index (χ1n) is 17.2. The smallest absolute Gasteiger partial charge is 0.219 e. The average Bonchev–Trinajstić information content (AvgIpc) is 2.91. The number of unbranched alkanes of at least 4 members (excludes halogenated alkanes) is 23. The Labute approximate surface area is 238 Å². The van der Waals surface area contributed by atoms with Crippen molar-refractivity contribution < 1.29 is 9.59 Å². The Morgan fingerprint density at radius 2 is 0.579 bits per heavy atom. The van der Waals surface area contributed by atoms with Gasteiger partial charge in [0, 0.05) is 25.9 Å². The second-order valence-electron chi connectivity index (χ2n) is 11.7. The fraction of sp³-hybridized carbons (Fsp3) is 0.941. The summed E-state index contributed by atoms with van der Waals surface area (Å²) in [6, 6.07) is 0. The zero-order valence-corrected chi connectivity index (χ0v) is 26.0. The van der Waals surface area contributed by atoms with E-state index in [0.29, 0.717) is 12.8 Å². The number of rotatable bonds is 31. The van der Waals surface area contributed by atoms with Crippen molar-refractivity contribution in [3.05, 3.63) is 0 Å². The number of hydrogen-bond donors (Lipinski definition) is 2. The summed E-state index contributed by atoms with van der Waals surface area (Å²) in [4.78, 5) is 23.9. The van der Waals surface area contributed by atoms with Crippen LogP contribution in [0.5, 0.6) is 0 Å². The van der Waals surface area contributed by atoms with E-state index in [-0.39, 0.29) is 11.8 Å². The van der Waals surface area contributed by atoms with Crippen LogP contribution in [0.4, 0.5) is 0 Å². The number of hydrogen-bond acceptors (Lipinski definition) is 2. The van der Waals surface area contributed by atoms with Gasteiger partial charge in [0.2, 0.25) is 11.8 Å². The van der Waals surface area contributed by atoms with Gasteiger partial charge in [-0.1, -0.05) is 155 Å². The first kappa shape index (κ1) is 36.9. The van der Waals surface area contributed by atoms with Crippen molar-refractivity contribution in [2.24, 2.45) is 0 Å². The maximum atomic E-state index is 11.9. The summed E-state index contributed by atoms with van der Waals surface area (Å²) in [5, 5.41) is 6.20. The lowest BCUT2D eigenvalue weighted by atomic mass is 10.1. The molecule has 0 aromatic rings. The van der Waals surface area contributed by atoms with Gasteiger partial charge in [0.25, 0.3) is 0 Å². The molecule has 0 aliphatic rings. The molecule has 0 saturated heterocycles. The summed E-state index contributed by atoms with van der Waals surface area (Å²) in [6.45, 7) is 6.21. The van der Waals surface area contributed by atoms with Crippen LogP contribution in [-0.4, -0.2) is 24.9 Å². The minimum absolute atomic E-state index is 0.244. The monoisotopic (exact) mass is 537 g/mol. The molecule has 4 nitrogen and oxygen atoms in total. The van der Waals surface area contributed by atoms with Gasteiger partial charge in [0.05, 0.1) is 0 Å². The van der Waals surface area contributed by atoms with E-state index in [0.717, 1.165) is 38.8 Å². The Morgan fingerprint density at radius 3 is 0.868 bits per heavy atom. The maximum Gasteiger partial charge on any atom is 0.219 e. The van der Waals surface area contributed by atoms with Gasteiger partial charge in [-0.3, -0.25) is 9.59 Å². The van der Waals surface area contributed by atoms with Crippen molar-refractivity contribution in [1.29, 1.82) is 0 Å². The standard InChI is InChI=1S/C34H68N2O2/c1-3-5-7-9-11-13-17-21-25-29-33(37)35-31-27-23-19-15-16-20-24-28-32-36-34(38)30-26-22-18-14-12-10-8-6-4-2/h3-32H2,1-2H3,(H,35,37)(H,36,38). The molecule has 0 heterocycles. The highest BCUT2D eigenvalue weighted by atomic mass is 16.2. The van der Waals surface area contributed by atoms with Gasteiger partial charge in [-0.25, -0.2) is 0 Å². The number of nitrogens with one attached hydrogen (secondary N) is 2. The topological polar surface area (TPSA) is 58.2 Å². The Hall–Kier alpha value is -1.06. The molecule has 0 fully saturated rings. The van der Waals surface area contributed by atoms with Crippen molar-refractivity contribution in [2.75, 3.05) is 13.1 Å². The molecule has 0 aliphatic carbocycles. The largest absolute Gasteiger partial charge is 0.356 e. The maximum absolute atomic E-state index is 11.9. The first-order chi connectivity index (χ1) is 18.7. The summed E-state index contributed by atoms with van der Waals surface area (Å²) >= 11 is 0. The quantitative estimate of drug-likeness (QED) is 0.0866. The predicted octanol–water partition coefficient (Wildman–Crippen LogP) is 10.2. The van der Waals surface area contributed by atoms with E-state index >= 15 is 0 Å². The van der Waals surface area contributed by atoms with E-state index in [2.05, 4.69) is 24.5 Å². The summed E-state index contributed by atoms with van der Waals surface area (Å²) in [7, 11) is 0. The van der Waals surface area contributed by atoms with E-state index in [9.17, 15) is 9.59 Å². The van der Waals surface area contributed by atoms with Crippen LogP contribution in [0.25, 0.3) is 0 Å². The number of carbonyl (C=O) groups is 2. The van der Waals surface area contributed by atoms with Crippen LogP contribution in [-0.2, 0) is 9.59 Å². The van der Waals surface area contributed by atoms with Crippen molar-refractivity contribution in [3.8, 4) is 0 Å². The highest BCUT2D eigenvalue weighted by Crippen LogP contribution is 2.12. The molecule has 0 spiro atoms. The van der Waals surface area contributed by atoms with Gasteiger partial charge in [-0.2, -0.15) is 0 Å². The molecule has 0 aromatic carbocycles. The summed E-state index contributed by atoms with van der Waals surface area (Å²) in [5.74, 6) is 0.487. The normalized spacial score (nSPS) is 11.1. The third-order valence-electron chi connectivity index (χ3n) is 7.76. The molecule has 0 rings (SSSR count). The second-order valence-corrected chi connectivity index (χ2v) is 11.7. The van der Waals surface area contributed by atoms with E-state index in [1.807, 2.05) is 0 Å². The minimum atomic E-state index is 0.244. The van der Waals surface area contributed by atoms with Gasteiger partial charge >= 0.3 is 0 Å². The van der Waals surface area contributed by atoms with Crippen LogP contribution in [0, 0.1) is 0 Å². The highest BCUT2D eigenvalue weighted by molar-refractivity contribution is 5.76. The summed E-state index contributed by atoms with van der Waals surface area (Å²) < 4.78 is 0. The van der Waals surface area contributed by atoms with Crippen LogP contribution in [0.15, 0.2) is 0 Å². The Balaban J connectivity index is 3.22. The molecule has 38 heavy (non-hydrogen) atoms. The van der Waals surface area contributed by atoms with Gasteiger partial charge in [0.15, 0.2) is 0 Å². The van der Waals surface area contributed by atoms with E-state index in [1.165, 1.54) is 141 Å². The zero-order chi connectivity index (χ0) is 27.8. The highest BCUT2D eigenvalue weighted by Gasteiger charge is 2.02. The lowest BCUT2D eigenvalue weighted by Gasteiger charge is -2.07. The van der Waals surface area contributed by atoms with Gasteiger partial charge in [0.1, 0.15) is 0 Å². The van der Waals surface area contributed by atoms with Gasteiger partial charge < -0.3 is 10.6 Å². The summed E-state index contributed by atoms with van der Waals surface area (Å²) in [5.41, 5.74) is 0. The third kappa shape index (κ3) is 31.2. The SMILES string of the molecule is CCCCCCCCCCCC(=O)NCCCCCCCCCCNC(=O)CCCCCCCCCCC. The Bertz CT molecular complexity index is 451. The van der Waals surface area contributed by atoms with Crippen LogP contribution < -0.4 is 10.6 Å². The minimum Gasteiger partial charge on any atom is -0.356 e. The van der Waals surface area contributed by atoms with Gasteiger partial charge in [-0.05, 0) is 25.7 Å². The predicted molar refractivity (Wildman–Crippen MR) is 167 cm³/mol. The lowest BCUT2D eigenvalue weighted by molar-refractivity contribution is -0.122. The molecule has 0 saturated carbocycles. The van der Waals surface area contributed by atoms with E-state index in [1.54, 1.807) is 0 Å². The Kier molecular flexibility index (Phi) is 31.3. The molecule has 0 aromatic heterocycles. The van der Waals surface area contributed by atoms with Crippen LogP contribution in [0.2, 0.25) is 0 Å². The van der Waals surface area contributed by atoms with Crippen LogP contribution in [0.1, 0.15) is 194 Å². The molecular formula is C34H68N2O2. The fourth-order valence-corrected chi connectivity index (χ4v) is 5.14. The summed E-state index contributed by atoms with van der Waals surface area (Å²) in [6.07, 6.45) is 34.6. The fourth-order valence-electron chi connectivity index (χ4n) is 5.14. The first-order valence-corrected chi connectivity index (χ1v) is 17.2. The number of carbonyl (C=O) groups excluding carboxylic acids is 2. The molecule has 2 amide bonds. The van der Waals surface area contributed by atoms with Gasteiger partial charge in [-0.15, -0.1) is 0 Å². The molecule has 226 valence electrons. The second kappa shape index (κ2) is 32.2. The molecule has 0 unspecified atom stereocenters. The van der Waals surface area contributed by atoms with Crippen molar-refractivity contribution in [2.45, 2.75) is 194 Å². The molecule has 0 radical (unpaired) electrons. The van der Waals surface area contributed by atoms with E-state index in [4.69, 9.17) is 0 Å². The van der Waals surface area contributed by atoms with Crippen molar-refractivity contribution >= 4 is 11.8 Å². The molecular weight excluding hydrogens is 468 g/mol. The molecule has 2 N–H and O–H groups in total. The van der Waals surface area contributed by atoms with Crippen molar-refractivity contribution in [1.82, 2.24) is 10.6 Å². The Morgan fingerprint density at radius 1 is 0.342 bits per heavy atom. The number of amides is 2. The molecule has 0 bridgehead atoms. The molecule has 0 atom stereocenters.